The van der Waals surface area contributed by atoms with E-state index in [1.165, 1.54) is 39.2 Å². The molecule has 0 spiro atoms. The maximum absolute atomic E-state index is 12.5. The number of nitro benzene ring substituents is 1. The molecule has 1 aliphatic heterocycles. The highest BCUT2D eigenvalue weighted by Gasteiger charge is 2.35. The smallest absolute Gasteiger partial charge is 0.333 e. The van der Waals surface area contributed by atoms with Crippen LogP contribution in [0.15, 0.2) is 39.0 Å². The zero-order valence-corrected chi connectivity index (χ0v) is 15.3. The lowest BCUT2D eigenvalue weighted by atomic mass is 9.98. The van der Waals surface area contributed by atoms with E-state index >= 15 is 0 Å². The van der Waals surface area contributed by atoms with Gasteiger partial charge in [-0.25, -0.2) is 9.80 Å². The summed E-state index contributed by atoms with van der Waals surface area (Å²) in [6.07, 6.45) is 0.0434. The zero-order valence-electron chi connectivity index (χ0n) is 15.3. The second kappa shape index (κ2) is 6.76. The van der Waals surface area contributed by atoms with Crippen LogP contribution in [0.4, 0.5) is 5.69 Å². The van der Waals surface area contributed by atoms with Crippen LogP contribution in [0, 0.1) is 10.1 Å². The summed E-state index contributed by atoms with van der Waals surface area (Å²) in [5.41, 5.74) is -1.21. The highest BCUT2D eigenvalue weighted by molar-refractivity contribution is 6.04. The minimum atomic E-state index is -0.748. The Labute approximate surface area is 157 Å². The topological polar surface area (TPSA) is 140 Å². The first-order chi connectivity index (χ1) is 13.1. The molecule has 1 aliphatic rings. The summed E-state index contributed by atoms with van der Waals surface area (Å²) in [7, 11) is 2.57. The van der Waals surface area contributed by atoms with Crippen LogP contribution in [0.5, 0.6) is 5.88 Å². The Morgan fingerprint density at radius 1 is 1.29 bits per heavy atom. The van der Waals surface area contributed by atoms with Crippen LogP contribution in [0.3, 0.4) is 0 Å². The van der Waals surface area contributed by atoms with Gasteiger partial charge in [-0.15, -0.1) is 0 Å². The summed E-state index contributed by atoms with van der Waals surface area (Å²) in [4.78, 5) is 47.0. The third-order valence-corrected chi connectivity index (χ3v) is 4.62. The molecule has 1 atom stereocenters. The zero-order chi connectivity index (χ0) is 20.7. The summed E-state index contributed by atoms with van der Waals surface area (Å²) in [5, 5.41) is 26.6. The summed E-state index contributed by atoms with van der Waals surface area (Å²) in [6, 6.07) is 5.08. The molecule has 0 saturated heterocycles. The van der Waals surface area contributed by atoms with E-state index in [-0.39, 0.29) is 23.4 Å². The van der Waals surface area contributed by atoms with Gasteiger partial charge in [0.05, 0.1) is 16.7 Å². The van der Waals surface area contributed by atoms with Gasteiger partial charge in [-0.3, -0.25) is 28.8 Å². The molecule has 28 heavy (non-hydrogen) atoms. The molecule has 146 valence electrons. The van der Waals surface area contributed by atoms with Crippen LogP contribution in [0.2, 0.25) is 0 Å². The lowest BCUT2D eigenvalue weighted by Crippen LogP contribution is -2.39. The van der Waals surface area contributed by atoms with Crippen molar-refractivity contribution in [3.8, 4) is 5.88 Å². The monoisotopic (exact) mass is 387 g/mol. The number of hydrogen-bond donors (Lipinski definition) is 1. The first kappa shape index (κ1) is 19.0. The number of nitro groups is 1. The van der Waals surface area contributed by atoms with Gasteiger partial charge in [0.1, 0.15) is 5.56 Å². The van der Waals surface area contributed by atoms with Crippen molar-refractivity contribution in [3.63, 3.8) is 0 Å². The highest BCUT2D eigenvalue weighted by Crippen LogP contribution is 2.34. The molecule has 3 rings (SSSR count). The Balaban J connectivity index is 2.13. The van der Waals surface area contributed by atoms with Crippen molar-refractivity contribution in [2.45, 2.75) is 19.4 Å². The fourth-order valence-electron chi connectivity index (χ4n) is 3.14. The van der Waals surface area contributed by atoms with E-state index < -0.39 is 34.0 Å². The molecule has 0 bridgehead atoms. The number of amides is 1. The molecule has 2 aromatic rings. The fraction of sp³-hybridized carbons (Fsp3) is 0.294. The van der Waals surface area contributed by atoms with E-state index in [1.54, 1.807) is 6.07 Å². The molecule has 0 radical (unpaired) electrons. The Bertz CT molecular complexity index is 1150. The molecule has 0 fully saturated rings. The average molecular weight is 387 g/mol. The summed E-state index contributed by atoms with van der Waals surface area (Å²) in [5.74, 6) is -0.998. The first-order valence-electron chi connectivity index (χ1n) is 8.24. The molecule has 1 aromatic carbocycles. The largest absolute Gasteiger partial charge is 0.494 e. The SMILES string of the molecule is CC(=O)N1N=C(c2c(O)n(C)c(=O)n(C)c2=O)C[C@H]1c1cccc([N+](=O)[O-])c1. The maximum atomic E-state index is 12.5. The number of non-ortho nitro benzene ring substituents is 1. The minimum absolute atomic E-state index is 0.0434. The standard InChI is InChI=1S/C17H17N5O6/c1-9(23)21-13(10-5-4-6-11(7-10)22(27)28)8-12(18-21)14-15(24)19(2)17(26)20(3)16(14)25/h4-7,13,24H,8H2,1-3H3/t13-/m0/s1. The summed E-state index contributed by atoms with van der Waals surface area (Å²) >= 11 is 0. The first-order valence-corrected chi connectivity index (χ1v) is 8.24. The number of aromatic nitrogens is 2. The molecule has 1 aromatic heterocycles. The molecular weight excluding hydrogens is 370 g/mol. The average Bonchev–Trinajstić information content (AvgIpc) is 3.10. The van der Waals surface area contributed by atoms with Gasteiger partial charge >= 0.3 is 5.69 Å². The quantitative estimate of drug-likeness (QED) is 0.597. The number of nitrogens with zero attached hydrogens (tertiary/aromatic N) is 5. The van der Waals surface area contributed by atoms with Crippen LogP contribution in [0.25, 0.3) is 0 Å². The Morgan fingerprint density at radius 3 is 2.57 bits per heavy atom. The van der Waals surface area contributed by atoms with E-state index in [0.717, 1.165) is 14.1 Å². The Kier molecular flexibility index (Phi) is 4.59. The highest BCUT2D eigenvalue weighted by atomic mass is 16.6. The summed E-state index contributed by atoms with van der Waals surface area (Å²) < 4.78 is 1.73. The number of benzene rings is 1. The third kappa shape index (κ3) is 2.96. The molecule has 1 N–H and O–H groups in total. The normalized spacial score (nSPS) is 16.2. The molecule has 11 nitrogen and oxygen atoms in total. The second-order valence-corrected chi connectivity index (χ2v) is 6.39. The van der Waals surface area contributed by atoms with Crippen molar-refractivity contribution in [1.29, 1.82) is 0 Å². The molecule has 0 aliphatic carbocycles. The molecule has 11 heteroatoms. The lowest BCUT2D eigenvalue weighted by Gasteiger charge is -2.20. The van der Waals surface area contributed by atoms with Gasteiger partial charge in [0, 0.05) is 39.6 Å². The molecule has 0 unspecified atom stereocenters. The second-order valence-electron chi connectivity index (χ2n) is 6.39. The number of rotatable bonds is 3. The maximum Gasteiger partial charge on any atom is 0.333 e. The predicted octanol–water partition coefficient (Wildman–Crippen LogP) is 0.395. The van der Waals surface area contributed by atoms with E-state index in [4.69, 9.17) is 0 Å². The van der Waals surface area contributed by atoms with Crippen molar-refractivity contribution in [2.24, 2.45) is 19.2 Å². The van der Waals surface area contributed by atoms with E-state index in [0.29, 0.717) is 5.56 Å². The van der Waals surface area contributed by atoms with Crippen molar-refractivity contribution in [3.05, 3.63) is 66.3 Å². The Morgan fingerprint density at radius 2 is 1.96 bits per heavy atom. The third-order valence-electron chi connectivity index (χ3n) is 4.62. The number of hydrazone groups is 1. The van der Waals surface area contributed by atoms with Crippen LogP contribution in [-0.4, -0.2) is 35.8 Å². The number of aromatic hydroxyl groups is 1. The van der Waals surface area contributed by atoms with Gasteiger partial charge in [-0.1, -0.05) is 12.1 Å². The summed E-state index contributed by atoms with van der Waals surface area (Å²) in [6.45, 7) is 1.27. The van der Waals surface area contributed by atoms with Gasteiger partial charge < -0.3 is 5.11 Å². The molecule has 0 saturated carbocycles. The molecular formula is C17H17N5O6. The van der Waals surface area contributed by atoms with Crippen molar-refractivity contribution in [2.75, 3.05) is 0 Å². The number of hydrogen-bond acceptors (Lipinski definition) is 7. The number of carbonyl (C=O) groups is 1. The fourth-order valence-corrected chi connectivity index (χ4v) is 3.14. The van der Waals surface area contributed by atoms with Crippen molar-refractivity contribution < 1.29 is 14.8 Å². The van der Waals surface area contributed by atoms with Gasteiger partial charge in [0.15, 0.2) is 0 Å². The Hall–Kier alpha value is -3.76. The lowest BCUT2D eigenvalue weighted by molar-refractivity contribution is -0.384. The van der Waals surface area contributed by atoms with E-state index in [9.17, 15) is 29.6 Å². The van der Waals surface area contributed by atoms with Crippen LogP contribution >= 0.6 is 0 Å². The van der Waals surface area contributed by atoms with Crippen molar-refractivity contribution in [1.82, 2.24) is 14.1 Å². The van der Waals surface area contributed by atoms with Crippen LogP contribution in [-0.2, 0) is 18.9 Å². The molecule has 1 amide bonds. The minimum Gasteiger partial charge on any atom is -0.494 e. The van der Waals surface area contributed by atoms with Gasteiger partial charge in [-0.05, 0) is 5.56 Å². The molecule has 2 heterocycles. The number of carbonyl (C=O) groups excluding carboxylic acids is 1. The van der Waals surface area contributed by atoms with Crippen LogP contribution in [0.1, 0.15) is 30.5 Å². The van der Waals surface area contributed by atoms with Crippen molar-refractivity contribution >= 4 is 17.3 Å². The van der Waals surface area contributed by atoms with Crippen LogP contribution < -0.4 is 11.2 Å². The predicted molar refractivity (Wildman–Crippen MR) is 98.1 cm³/mol. The van der Waals surface area contributed by atoms with E-state index in [2.05, 4.69) is 5.10 Å². The van der Waals surface area contributed by atoms with Gasteiger partial charge in [0.25, 0.3) is 11.2 Å². The van der Waals surface area contributed by atoms with Gasteiger partial charge in [-0.2, -0.15) is 5.10 Å². The van der Waals surface area contributed by atoms with E-state index in [1.807, 2.05) is 0 Å². The van der Waals surface area contributed by atoms with Gasteiger partial charge in [0.2, 0.25) is 11.8 Å².